The summed E-state index contributed by atoms with van der Waals surface area (Å²) < 4.78 is 15.4. The highest BCUT2D eigenvalue weighted by Crippen LogP contribution is 2.33. The van der Waals surface area contributed by atoms with E-state index in [-0.39, 0.29) is 31.1 Å². The van der Waals surface area contributed by atoms with Crippen molar-refractivity contribution in [2.75, 3.05) is 20.4 Å². The summed E-state index contributed by atoms with van der Waals surface area (Å²) in [5.41, 5.74) is 0.565. The lowest BCUT2D eigenvalue weighted by Crippen LogP contribution is -2.42. The third kappa shape index (κ3) is 3.63. The Hall–Kier alpha value is -2.24. The summed E-state index contributed by atoms with van der Waals surface area (Å²) in [6.45, 7) is 0.562. The summed E-state index contributed by atoms with van der Waals surface area (Å²) in [7, 11) is 1.37. The zero-order valence-electron chi connectivity index (χ0n) is 14.0. The fourth-order valence-corrected chi connectivity index (χ4v) is 3.35. The number of nitrogens with zero attached hydrogens (tertiary/aromatic N) is 1. The minimum Gasteiger partial charge on any atom is -0.469 e. The maximum atomic E-state index is 13.0. The number of carbonyl (C=O) groups is 2. The number of ether oxygens (including phenoxy) is 3. The predicted molar refractivity (Wildman–Crippen MR) is 87.1 cm³/mol. The molecule has 0 N–H and O–H groups in total. The van der Waals surface area contributed by atoms with E-state index in [1.165, 1.54) is 13.5 Å². The number of esters is 1. The molecular formula is C18H23NO5. The monoisotopic (exact) mass is 333 g/mol. The smallest absolute Gasteiger partial charge is 0.307 e. The first kappa shape index (κ1) is 16.6. The van der Waals surface area contributed by atoms with E-state index in [0.717, 1.165) is 25.7 Å². The lowest BCUT2D eigenvalue weighted by atomic mass is 9.93. The van der Waals surface area contributed by atoms with Crippen LogP contribution in [0.1, 0.15) is 48.9 Å². The Labute approximate surface area is 141 Å². The zero-order valence-corrected chi connectivity index (χ0v) is 14.0. The standard InChI is InChI=1S/C18H23NO5/c1-22-17(20)9-10-19(14-5-3-2-4-6-14)18(21)13-7-8-15-16(11-13)24-12-23-15/h7-8,11,14H,2-6,9-10,12H2,1H3. The van der Waals surface area contributed by atoms with Crippen LogP contribution in [0.4, 0.5) is 0 Å². The molecule has 6 heteroatoms. The molecule has 1 aliphatic heterocycles. The molecule has 1 aromatic rings. The quantitative estimate of drug-likeness (QED) is 0.775. The van der Waals surface area contributed by atoms with Gasteiger partial charge in [0.05, 0.1) is 13.5 Å². The molecule has 0 bridgehead atoms. The van der Waals surface area contributed by atoms with Crippen molar-refractivity contribution in [1.82, 2.24) is 4.90 Å². The maximum absolute atomic E-state index is 13.0. The van der Waals surface area contributed by atoms with Crippen LogP contribution in [0.5, 0.6) is 11.5 Å². The molecule has 6 nitrogen and oxygen atoms in total. The molecule has 0 spiro atoms. The summed E-state index contributed by atoms with van der Waals surface area (Å²) in [4.78, 5) is 26.4. The van der Waals surface area contributed by atoms with Gasteiger partial charge in [0, 0.05) is 18.2 Å². The molecule has 0 atom stereocenters. The summed E-state index contributed by atoms with van der Waals surface area (Å²) in [6.07, 6.45) is 5.62. The van der Waals surface area contributed by atoms with Crippen molar-refractivity contribution in [2.45, 2.75) is 44.6 Å². The van der Waals surface area contributed by atoms with Crippen LogP contribution in [0.25, 0.3) is 0 Å². The van der Waals surface area contributed by atoms with E-state index in [1.807, 2.05) is 4.90 Å². The fraction of sp³-hybridized carbons (Fsp3) is 0.556. The molecule has 24 heavy (non-hydrogen) atoms. The fourth-order valence-electron chi connectivity index (χ4n) is 3.35. The molecule has 0 radical (unpaired) electrons. The van der Waals surface area contributed by atoms with E-state index in [1.54, 1.807) is 18.2 Å². The summed E-state index contributed by atoms with van der Waals surface area (Å²) in [6, 6.07) is 5.42. The normalized spacial score (nSPS) is 16.7. The van der Waals surface area contributed by atoms with Gasteiger partial charge in [-0.1, -0.05) is 19.3 Å². The van der Waals surface area contributed by atoms with Crippen LogP contribution in [0, 0.1) is 0 Å². The van der Waals surface area contributed by atoms with Crippen LogP contribution in [0.15, 0.2) is 18.2 Å². The van der Waals surface area contributed by atoms with Gasteiger partial charge in [0.2, 0.25) is 6.79 Å². The average Bonchev–Trinajstić information content (AvgIpc) is 3.10. The highest BCUT2D eigenvalue weighted by molar-refractivity contribution is 5.95. The highest BCUT2D eigenvalue weighted by Gasteiger charge is 2.28. The van der Waals surface area contributed by atoms with Gasteiger partial charge in [-0.05, 0) is 31.0 Å². The molecule has 0 aromatic heterocycles. The van der Waals surface area contributed by atoms with Crippen molar-refractivity contribution in [2.24, 2.45) is 0 Å². The Morgan fingerprint density at radius 3 is 2.67 bits per heavy atom. The van der Waals surface area contributed by atoms with Gasteiger partial charge in [-0.15, -0.1) is 0 Å². The Bertz CT molecular complexity index is 609. The molecule has 1 fully saturated rings. The third-order valence-corrected chi connectivity index (χ3v) is 4.68. The molecule has 0 unspecified atom stereocenters. The number of amides is 1. The van der Waals surface area contributed by atoms with Gasteiger partial charge in [0.15, 0.2) is 11.5 Å². The number of carbonyl (C=O) groups excluding carboxylic acids is 2. The predicted octanol–water partition coefficient (Wildman–Crippen LogP) is 2.75. The highest BCUT2D eigenvalue weighted by atomic mass is 16.7. The molecular weight excluding hydrogens is 310 g/mol. The zero-order chi connectivity index (χ0) is 16.9. The third-order valence-electron chi connectivity index (χ3n) is 4.68. The minimum absolute atomic E-state index is 0.0656. The van der Waals surface area contributed by atoms with Gasteiger partial charge >= 0.3 is 5.97 Å². The largest absolute Gasteiger partial charge is 0.469 e. The van der Waals surface area contributed by atoms with Gasteiger partial charge in [0.1, 0.15) is 0 Å². The van der Waals surface area contributed by atoms with E-state index in [4.69, 9.17) is 14.2 Å². The lowest BCUT2D eigenvalue weighted by molar-refractivity contribution is -0.140. The van der Waals surface area contributed by atoms with Gasteiger partial charge in [0.25, 0.3) is 5.91 Å². The SMILES string of the molecule is COC(=O)CCN(C(=O)c1ccc2c(c1)OCO2)C1CCCCC1. The first-order valence-electron chi connectivity index (χ1n) is 8.46. The summed E-state index contributed by atoms with van der Waals surface area (Å²) in [5, 5.41) is 0. The molecule has 1 amide bonds. The van der Waals surface area contributed by atoms with Crippen LogP contribution in [0.3, 0.4) is 0 Å². The first-order chi connectivity index (χ1) is 11.7. The van der Waals surface area contributed by atoms with E-state index in [9.17, 15) is 9.59 Å². The van der Waals surface area contributed by atoms with Crippen molar-refractivity contribution in [3.63, 3.8) is 0 Å². The van der Waals surface area contributed by atoms with Crippen LogP contribution < -0.4 is 9.47 Å². The number of fused-ring (bicyclic) bond motifs is 1. The van der Waals surface area contributed by atoms with Crippen molar-refractivity contribution < 1.29 is 23.8 Å². The summed E-state index contributed by atoms with van der Waals surface area (Å²) in [5.74, 6) is 0.890. The number of hydrogen-bond donors (Lipinski definition) is 0. The second kappa shape index (κ2) is 7.55. The van der Waals surface area contributed by atoms with Crippen LogP contribution in [0.2, 0.25) is 0 Å². The van der Waals surface area contributed by atoms with Crippen molar-refractivity contribution in [3.8, 4) is 11.5 Å². The molecule has 1 heterocycles. The molecule has 3 rings (SSSR count). The number of rotatable bonds is 5. The Balaban J connectivity index is 1.77. The number of methoxy groups -OCH3 is 1. The van der Waals surface area contributed by atoms with Crippen LogP contribution in [-0.2, 0) is 9.53 Å². The summed E-state index contributed by atoms with van der Waals surface area (Å²) >= 11 is 0. The van der Waals surface area contributed by atoms with E-state index < -0.39 is 0 Å². The van der Waals surface area contributed by atoms with E-state index >= 15 is 0 Å². The number of hydrogen-bond acceptors (Lipinski definition) is 5. The molecule has 1 saturated carbocycles. The molecule has 130 valence electrons. The second-order valence-corrected chi connectivity index (χ2v) is 6.18. The number of benzene rings is 1. The van der Waals surface area contributed by atoms with Gasteiger partial charge in [-0.2, -0.15) is 0 Å². The minimum atomic E-state index is -0.297. The first-order valence-corrected chi connectivity index (χ1v) is 8.46. The maximum Gasteiger partial charge on any atom is 0.307 e. The van der Waals surface area contributed by atoms with Crippen LogP contribution >= 0.6 is 0 Å². The van der Waals surface area contributed by atoms with Gasteiger partial charge in [-0.3, -0.25) is 9.59 Å². The average molecular weight is 333 g/mol. The van der Waals surface area contributed by atoms with Crippen molar-refractivity contribution in [3.05, 3.63) is 23.8 Å². The van der Waals surface area contributed by atoms with Crippen molar-refractivity contribution >= 4 is 11.9 Å². The molecule has 0 saturated heterocycles. The Morgan fingerprint density at radius 1 is 1.17 bits per heavy atom. The lowest BCUT2D eigenvalue weighted by Gasteiger charge is -2.34. The van der Waals surface area contributed by atoms with Gasteiger partial charge < -0.3 is 19.1 Å². The second-order valence-electron chi connectivity index (χ2n) is 6.18. The molecule has 1 aromatic carbocycles. The van der Waals surface area contributed by atoms with Crippen molar-refractivity contribution in [1.29, 1.82) is 0 Å². The van der Waals surface area contributed by atoms with Gasteiger partial charge in [-0.25, -0.2) is 0 Å². The van der Waals surface area contributed by atoms with Crippen LogP contribution in [-0.4, -0.2) is 43.3 Å². The Morgan fingerprint density at radius 2 is 1.92 bits per heavy atom. The van der Waals surface area contributed by atoms with E-state index in [2.05, 4.69) is 0 Å². The molecule has 2 aliphatic rings. The Kier molecular flexibility index (Phi) is 5.23. The van der Waals surface area contributed by atoms with E-state index in [0.29, 0.717) is 23.6 Å². The molecule has 1 aliphatic carbocycles. The topological polar surface area (TPSA) is 65.1 Å².